The summed E-state index contributed by atoms with van der Waals surface area (Å²) in [6, 6.07) is 10.6. The van der Waals surface area contributed by atoms with Crippen LogP contribution in [-0.2, 0) is 20.7 Å². The van der Waals surface area contributed by atoms with Gasteiger partial charge in [-0.05, 0) is 54.5 Å². The Morgan fingerprint density at radius 2 is 1.85 bits per heavy atom. The summed E-state index contributed by atoms with van der Waals surface area (Å²) in [5, 5.41) is 4.80. The third-order valence-corrected chi connectivity index (χ3v) is 4.77. The Hall–Kier alpha value is -2.47. The Kier molecular flexibility index (Phi) is 8.20. The number of Topliss-reactive ketones (excluding diaryl/α,β-unsaturated/α-hetero) is 1. The van der Waals surface area contributed by atoms with Gasteiger partial charge in [0.1, 0.15) is 0 Å². The topological polar surface area (TPSA) is 72.5 Å². The standard InChI is InChI=1S/C21H25NO4S/c1-15(2)13-20(24)22-17-10-8-16(9-11-17)19(23)14-26-21(25)7-3-5-18-6-4-12-27-18/h4,6,8-12,15H,3,5,7,13-14H2,1-2H3,(H,22,24). The number of carbonyl (C=O) groups excluding carboxylic acids is 3. The molecular weight excluding hydrogens is 362 g/mol. The van der Waals surface area contributed by atoms with E-state index in [9.17, 15) is 14.4 Å². The highest BCUT2D eigenvalue weighted by molar-refractivity contribution is 7.09. The van der Waals surface area contributed by atoms with Gasteiger partial charge in [-0.2, -0.15) is 0 Å². The fourth-order valence-electron chi connectivity index (χ4n) is 2.49. The van der Waals surface area contributed by atoms with Gasteiger partial charge in [-0.25, -0.2) is 0 Å². The van der Waals surface area contributed by atoms with Crippen molar-refractivity contribution in [3.05, 3.63) is 52.2 Å². The van der Waals surface area contributed by atoms with E-state index in [-0.39, 0.29) is 30.2 Å². The van der Waals surface area contributed by atoms with E-state index in [0.29, 0.717) is 30.5 Å². The molecule has 6 heteroatoms. The van der Waals surface area contributed by atoms with E-state index in [0.717, 1.165) is 6.42 Å². The molecule has 0 radical (unpaired) electrons. The number of ether oxygens (including phenoxy) is 1. The largest absolute Gasteiger partial charge is 0.457 e. The van der Waals surface area contributed by atoms with E-state index in [4.69, 9.17) is 4.74 Å². The maximum absolute atomic E-state index is 12.1. The van der Waals surface area contributed by atoms with Crippen LogP contribution in [0.25, 0.3) is 0 Å². The molecule has 0 aliphatic rings. The highest BCUT2D eigenvalue weighted by Crippen LogP contribution is 2.13. The number of rotatable bonds is 10. The molecule has 0 aliphatic heterocycles. The second-order valence-electron chi connectivity index (χ2n) is 6.74. The van der Waals surface area contributed by atoms with Crippen LogP contribution in [0.2, 0.25) is 0 Å². The summed E-state index contributed by atoms with van der Waals surface area (Å²) in [5.41, 5.74) is 1.09. The summed E-state index contributed by atoms with van der Waals surface area (Å²) in [4.78, 5) is 36.9. The van der Waals surface area contributed by atoms with Crippen LogP contribution >= 0.6 is 11.3 Å². The SMILES string of the molecule is CC(C)CC(=O)Nc1ccc(C(=O)COC(=O)CCCc2cccs2)cc1. The molecule has 0 bridgehead atoms. The maximum atomic E-state index is 12.1. The lowest BCUT2D eigenvalue weighted by Gasteiger charge is -2.08. The molecule has 1 amide bonds. The molecule has 0 spiro atoms. The molecule has 1 aromatic carbocycles. The Morgan fingerprint density at radius 1 is 1.11 bits per heavy atom. The first-order valence-electron chi connectivity index (χ1n) is 9.05. The third-order valence-electron chi connectivity index (χ3n) is 3.83. The van der Waals surface area contributed by atoms with Gasteiger partial charge in [0, 0.05) is 29.0 Å². The first-order valence-corrected chi connectivity index (χ1v) is 9.93. The van der Waals surface area contributed by atoms with Crippen molar-refractivity contribution in [2.75, 3.05) is 11.9 Å². The van der Waals surface area contributed by atoms with Crippen molar-refractivity contribution in [2.45, 2.75) is 39.5 Å². The summed E-state index contributed by atoms with van der Waals surface area (Å²) >= 11 is 1.67. The van der Waals surface area contributed by atoms with Crippen LogP contribution in [-0.4, -0.2) is 24.3 Å². The Morgan fingerprint density at radius 3 is 2.48 bits per heavy atom. The van der Waals surface area contributed by atoms with Gasteiger partial charge in [0.2, 0.25) is 5.91 Å². The summed E-state index contributed by atoms with van der Waals surface area (Å²) in [5.74, 6) is -0.398. The molecule has 0 fully saturated rings. The van der Waals surface area contributed by atoms with Crippen LogP contribution in [0, 0.1) is 5.92 Å². The monoisotopic (exact) mass is 387 g/mol. The van der Waals surface area contributed by atoms with Gasteiger partial charge in [-0.1, -0.05) is 19.9 Å². The maximum Gasteiger partial charge on any atom is 0.306 e. The van der Waals surface area contributed by atoms with Crippen LogP contribution in [0.3, 0.4) is 0 Å². The molecule has 0 atom stereocenters. The fraction of sp³-hybridized carbons (Fsp3) is 0.381. The molecule has 1 aromatic heterocycles. The van der Waals surface area contributed by atoms with Crippen LogP contribution in [0.15, 0.2) is 41.8 Å². The number of nitrogens with one attached hydrogen (secondary N) is 1. The van der Waals surface area contributed by atoms with Gasteiger partial charge in [0.05, 0.1) is 0 Å². The van der Waals surface area contributed by atoms with Crippen LogP contribution in [0.1, 0.15) is 48.3 Å². The zero-order chi connectivity index (χ0) is 19.6. The molecule has 0 saturated heterocycles. The molecule has 0 aliphatic carbocycles. The molecule has 5 nitrogen and oxygen atoms in total. The first-order chi connectivity index (χ1) is 12.9. The molecule has 1 heterocycles. The normalized spacial score (nSPS) is 10.6. The van der Waals surface area contributed by atoms with Crippen LogP contribution in [0.5, 0.6) is 0 Å². The highest BCUT2D eigenvalue weighted by Gasteiger charge is 2.11. The third kappa shape index (κ3) is 7.74. The summed E-state index contributed by atoms with van der Waals surface area (Å²) in [6.07, 6.45) is 2.29. The predicted octanol–water partition coefficient (Wildman–Crippen LogP) is 4.48. The summed E-state index contributed by atoms with van der Waals surface area (Å²) in [7, 11) is 0. The van der Waals surface area contributed by atoms with Gasteiger partial charge in [0.15, 0.2) is 12.4 Å². The second-order valence-corrected chi connectivity index (χ2v) is 7.77. The van der Waals surface area contributed by atoms with Crippen molar-refractivity contribution in [1.29, 1.82) is 0 Å². The van der Waals surface area contributed by atoms with Gasteiger partial charge >= 0.3 is 5.97 Å². The quantitative estimate of drug-likeness (QED) is 0.482. The number of ketones is 1. The second kappa shape index (κ2) is 10.6. The molecule has 27 heavy (non-hydrogen) atoms. The minimum atomic E-state index is -0.363. The smallest absolute Gasteiger partial charge is 0.306 e. The number of hydrogen-bond donors (Lipinski definition) is 1. The van der Waals surface area contributed by atoms with Crippen LogP contribution < -0.4 is 5.32 Å². The van der Waals surface area contributed by atoms with Crippen LogP contribution in [0.4, 0.5) is 5.69 Å². The van der Waals surface area contributed by atoms with Crippen molar-refractivity contribution in [1.82, 2.24) is 0 Å². The molecular formula is C21H25NO4S. The first kappa shape index (κ1) is 20.8. The predicted molar refractivity (Wildman–Crippen MR) is 107 cm³/mol. The van der Waals surface area contributed by atoms with Crippen molar-refractivity contribution in [3.63, 3.8) is 0 Å². The molecule has 144 valence electrons. The fourth-order valence-corrected chi connectivity index (χ4v) is 3.24. The van der Waals surface area contributed by atoms with Gasteiger partial charge in [-0.15, -0.1) is 11.3 Å². The van der Waals surface area contributed by atoms with E-state index < -0.39 is 0 Å². The van der Waals surface area contributed by atoms with Crippen molar-refractivity contribution < 1.29 is 19.1 Å². The van der Waals surface area contributed by atoms with E-state index in [1.54, 1.807) is 35.6 Å². The Labute approximate surface area is 163 Å². The zero-order valence-corrected chi connectivity index (χ0v) is 16.5. The van der Waals surface area contributed by atoms with E-state index in [2.05, 4.69) is 5.32 Å². The number of thiophene rings is 1. The zero-order valence-electron chi connectivity index (χ0n) is 15.7. The Bertz CT molecular complexity index is 751. The number of benzene rings is 1. The van der Waals surface area contributed by atoms with Gasteiger partial charge in [-0.3, -0.25) is 14.4 Å². The minimum absolute atomic E-state index is 0.0550. The number of anilines is 1. The van der Waals surface area contributed by atoms with Crippen molar-refractivity contribution in [3.8, 4) is 0 Å². The summed E-state index contributed by atoms with van der Waals surface area (Å²) < 4.78 is 5.06. The van der Waals surface area contributed by atoms with Crippen molar-refractivity contribution >= 4 is 34.7 Å². The van der Waals surface area contributed by atoms with Gasteiger partial charge in [0.25, 0.3) is 0 Å². The Balaban J connectivity index is 1.71. The lowest BCUT2D eigenvalue weighted by atomic mass is 10.1. The molecule has 2 rings (SSSR count). The number of amides is 1. The van der Waals surface area contributed by atoms with E-state index in [1.807, 2.05) is 31.4 Å². The minimum Gasteiger partial charge on any atom is -0.457 e. The van der Waals surface area contributed by atoms with Gasteiger partial charge < -0.3 is 10.1 Å². The number of esters is 1. The molecule has 0 saturated carbocycles. The average molecular weight is 388 g/mol. The highest BCUT2D eigenvalue weighted by atomic mass is 32.1. The lowest BCUT2D eigenvalue weighted by Crippen LogP contribution is -2.15. The molecule has 1 N–H and O–H groups in total. The number of hydrogen-bond acceptors (Lipinski definition) is 5. The average Bonchev–Trinajstić information content (AvgIpc) is 3.13. The molecule has 2 aromatic rings. The molecule has 0 unspecified atom stereocenters. The van der Waals surface area contributed by atoms with Crippen molar-refractivity contribution in [2.24, 2.45) is 5.92 Å². The van der Waals surface area contributed by atoms with E-state index >= 15 is 0 Å². The summed E-state index contributed by atoms with van der Waals surface area (Å²) in [6.45, 7) is 3.69. The van der Waals surface area contributed by atoms with E-state index in [1.165, 1.54) is 4.88 Å². The lowest BCUT2D eigenvalue weighted by molar-refractivity contribution is -0.142. The number of aryl methyl sites for hydroxylation is 1. The number of carbonyl (C=O) groups is 3.